The fourth-order valence-electron chi connectivity index (χ4n) is 2.90. The van der Waals surface area contributed by atoms with Gasteiger partial charge in [0.2, 0.25) is 0 Å². The van der Waals surface area contributed by atoms with Gasteiger partial charge in [0.1, 0.15) is 0 Å². The molecule has 0 bridgehead atoms. The predicted octanol–water partition coefficient (Wildman–Crippen LogP) is 4.74. The van der Waals surface area contributed by atoms with E-state index in [0.29, 0.717) is 5.92 Å². The van der Waals surface area contributed by atoms with Crippen molar-refractivity contribution < 1.29 is 0 Å². The highest BCUT2D eigenvalue weighted by molar-refractivity contribution is 5.59. The second-order valence-electron chi connectivity index (χ2n) is 5.99. The smallest absolute Gasteiger partial charge is 0.271 e. The SMILES string of the molecule is CCCC(C)c1ccc(-c2cc(=O)n(-c3ccccc3)[nH]2)cc1. The van der Waals surface area contributed by atoms with Crippen molar-refractivity contribution in [2.24, 2.45) is 0 Å². The van der Waals surface area contributed by atoms with Crippen molar-refractivity contribution in [1.29, 1.82) is 0 Å². The zero-order valence-electron chi connectivity index (χ0n) is 13.6. The van der Waals surface area contributed by atoms with Crippen LogP contribution < -0.4 is 5.56 Å². The highest BCUT2D eigenvalue weighted by Crippen LogP contribution is 2.24. The minimum absolute atomic E-state index is 0.0466. The number of para-hydroxylation sites is 1. The van der Waals surface area contributed by atoms with Crippen molar-refractivity contribution in [2.45, 2.75) is 32.6 Å². The maximum absolute atomic E-state index is 12.2. The molecule has 3 rings (SSSR count). The van der Waals surface area contributed by atoms with E-state index in [0.717, 1.165) is 16.9 Å². The van der Waals surface area contributed by atoms with Crippen molar-refractivity contribution in [2.75, 3.05) is 0 Å². The van der Waals surface area contributed by atoms with E-state index < -0.39 is 0 Å². The molecule has 2 aromatic carbocycles. The lowest BCUT2D eigenvalue weighted by molar-refractivity contribution is 0.665. The molecule has 1 heterocycles. The first-order valence-electron chi connectivity index (χ1n) is 8.17. The number of rotatable bonds is 5. The summed E-state index contributed by atoms with van der Waals surface area (Å²) >= 11 is 0. The molecule has 1 N–H and O–H groups in total. The van der Waals surface area contributed by atoms with Crippen LogP contribution in [0.25, 0.3) is 16.9 Å². The first kappa shape index (κ1) is 15.3. The third-order valence-corrected chi connectivity index (χ3v) is 4.25. The molecule has 0 radical (unpaired) electrons. The highest BCUT2D eigenvalue weighted by atomic mass is 16.1. The molecule has 1 atom stereocenters. The van der Waals surface area contributed by atoms with Crippen molar-refractivity contribution >= 4 is 0 Å². The van der Waals surface area contributed by atoms with Crippen LogP contribution in [0.2, 0.25) is 0 Å². The van der Waals surface area contributed by atoms with Gasteiger partial charge in [-0.2, -0.15) is 0 Å². The average molecular weight is 306 g/mol. The minimum atomic E-state index is -0.0466. The van der Waals surface area contributed by atoms with Crippen LogP contribution in [0.1, 0.15) is 38.2 Å². The number of hydrogen-bond donors (Lipinski definition) is 1. The third kappa shape index (κ3) is 3.29. The van der Waals surface area contributed by atoms with E-state index in [4.69, 9.17) is 0 Å². The molecule has 1 unspecified atom stereocenters. The van der Waals surface area contributed by atoms with Crippen LogP contribution in [-0.2, 0) is 0 Å². The van der Waals surface area contributed by atoms with E-state index in [9.17, 15) is 4.79 Å². The van der Waals surface area contributed by atoms with Gasteiger partial charge in [0.25, 0.3) is 5.56 Å². The maximum atomic E-state index is 12.2. The van der Waals surface area contributed by atoms with Gasteiger partial charge in [0.15, 0.2) is 0 Å². The molecule has 118 valence electrons. The molecule has 3 aromatic rings. The first-order chi connectivity index (χ1) is 11.2. The van der Waals surface area contributed by atoms with E-state index in [2.05, 4.69) is 43.2 Å². The molecular formula is C20H22N2O. The van der Waals surface area contributed by atoms with Gasteiger partial charge in [0, 0.05) is 6.07 Å². The largest absolute Gasteiger partial charge is 0.290 e. The second-order valence-corrected chi connectivity index (χ2v) is 5.99. The molecule has 3 nitrogen and oxygen atoms in total. The van der Waals surface area contributed by atoms with Crippen LogP contribution in [0.5, 0.6) is 0 Å². The molecule has 0 aliphatic carbocycles. The summed E-state index contributed by atoms with van der Waals surface area (Å²) < 4.78 is 1.57. The summed E-state index contributed by atoms with van der Waals surface area (Å²) in [5.41, 5.74) is 4.02. The Balaban J connectivity index is 1.90. The fraction of sp³-hybridized carbons (Fsp3) is 0.250. The summed E-state index contributed by atoms with van der Waals surface area (Å²) in [5, 5.41) is 3.19. The van der Waals surface area contributed by atoms with Crippen molar-refractivity contribution in [1.82, 2.24) is 9.78 Å². The normalized spacial score (nSPS) is 12.3. The van der Waals surface area contributed by atoms with Crippen molar-refractivity contribution in [3.8, 4) is 16.9 Å². The zero-order chi connectivity index (χ0) is 16.2. The lowest BCUT2D eigenvalue weighted by Crippen LogP contribution is -2.12. The van der Waals surface area contributed by atoms with Gasteiger partial charge in [-0.25, -0.2) is 4.68 Å². The van der Waals surface area contributed by atoms with Crippen molar-refractivity contribution in [3.63, 3.8) is 0 Å². The Kier molecular flexibility index (Phi) is 4.47. The summed E-state index contributed by atoms with van der Waals surface area (Å²) in [6, 6.07) is 19.8. The van der Waals surface area contributed by atoms with Crippen LogP contribution in [0, 0.1) is 0 Å². The third-order valence-electron chi connectivity index (χ3n) is 4.25. The number of nitrogens with one attached hydrogen (secondary N) is 1. The Morgan fingerprint density at radius 3 is 2.39 bits per heavy atom. The molecule has 0 saturated carbocycles. The lowest BCUT2D eigenvalue weighted by Gasteiger charge is -2.10. The molecule has 1 aromatic heterocycles. The number of hydrogen-bond acceptors (Lipinski definition) is 1. The molecule has 0 aliphatic heterocycles. The van der Waals surface area contributed by atoms with Gasteiger partial charge in [-0.15, -0.1) is 0 Å². The van der Waals surface area contributed by atoms with Crippen LogP contribution in [0.3, 0.4) is 0 Å². The summed E-state index contributed by atoms with van der Waals surface area (Å²) in [6.07, 6.45) is 2.39. The molecular weight excluding hydrogens is 284 g/mol. The average Bonchev–Trinajstić information content (AvgIpc) is 2.98. The monoisotopic (exact) mass is 306 g/mol. The van der Waals surface area contributed by atoms with Crippen LogP contribution >= 0.6 is 0 Å². The van der Waals surface area contributed by atoms with Crippen LogP contribution in [0.4, 0.5) is 0 Å². The topological polar surface area (TPSA) is 37.8 Å². The Hall–Kier alpha value is -2.55. The van der Waals surface area contributed by atoms with Gasteiger partial charge >= 0.3 is 0 Å². The Bertz CT molecular complexity index is 813. The standard InChI is InChI=1S/C20H22N2O/c1-3-7-15(2)16-10-12-17(13-11-16)19-14-20(23)22(21-19)18-8-5-4-6-9-18/h4-6,8-15,21H,3,7H2,1-2H3. The maximum Gasteiger partial charge on any atom is 0.271 e. The van der Waals surface area contributed by atoms with E-state index in [1.165, 1.54) is 18.4 Å². The van der Waals surface area contributed by atoms with Crippen molar-refractivity contribution in [3.05, 3.63) is 76.6 Å². The van der Waals surface area contributed by atoms with E-state index in [1.807, 2.05) is 30.3 Å². The van der Waals surface area contributed by atoms with E-state index in [1.54, 1.807) is 10.7 Å². The molecule has 0 saturated heterocycles. The molecule has 0 amide bonds. The number of nitrogens with zero attached hydrogens (tertiary/aromatic N) is 1. The van der Waals surface area contributed by atoms with Gasteiger partial charge in [-0.05, 0) is 35.6 Å². The zero-order valence-corrected chi connectivity index (χ0v) is 13.6. The quantitative estimate of drug-likeness (QED) is 0.726. The molecule has 23 heavy (non-hydrogen) atoms. The first-order valence-corrected chi connectivity index (χ1v) is 8.17. The van der Waals surface area contributed by atoms with E-state index >= 15 is 0 Å². The number of H-pyrrole nitrogens is 1. The fourth-order valence-corrected chi connectivity index (χ4v) is 2.90. The number of aromatic amines is 1. The Morgan fingerprint density at radius 1 is 1.04 bits per heavy atom. The highest BCUT2D eigenvalue weighted by Gasteiger charge is 2.08. The van der Waals surface area contributed by atoms with E-state index in [-0.39, 0.29) is 5.56 Å². The lowest BCUT2D eigenvalue weighted by atomic mass is 9.95. The number of benzene rings is 2. The Labute approximate surface area is 136 Å². The second kappa shape index (κ2) is 6.69. The predicted molar refractivity (Wildman–Crippen MR) is 95.1 cm³/mol. The summed E-state index contributed by atoms with van der Waals surface area (Å²) in [6.45, 7) is 4.47. The summed E-state index contributed by atoms with van der Waals surface area (Å²) in [5.74, 6) is 0.571. The summed E-state index contributed by atoms with van der Waals surface area (Å²) in [4.78, 5) is 12.2. The molecule has 0 spiro atoms. The Morgan fingerprint density at radius 2 is 1.74 bits per heavy atom. The van der Waals surface area contributed by atoms with Gasteiger partial charge in [-0.3, -0.25) is 9.89 Å². The van der Waals surface area contributed by atoms with Gasteiger partial charge in [0.05, 0.1) is 11.4 Å². The van der Waals surface area contributed by atoms with Crippen LogP contribution in [-0.4, -0.2) is 9.78 Å². The minimum Gasteiger partial charge on any atom is -0.290 e. The molecule has 0 aliphatic rings. The molecule has 0 fully saturated rings. The summed E-state index contributed by atoms with van der Waals surface area (Å²) in [7, 11) is 0. The molecule has 3 heteroatoms. The van der Waals surface area contributed by atoms with Gasteiger partial charge in [-0.1, -0.05) is 62.7 Å². The van der Waals surface area contributed by atoms with Gasteiger partial charge < -0.3 is 0 Å². The van der Waals surface area contributed by atoms with Crippen LogP contribution in [0.15, 0.2) is 65.5 Å². The number of aromatic nitrogens is 2.